The zero-order valence-corrected chi connectivity index (χ0v) is 45.3. The third-order valence-corrected chi connectivity index (χ3v) is 10.7. The minimum Gasteiger partial charge on any atom is -0.399 e. The lowest BCUT2D eigenvalue weighted by atomic mass is 9.80. The molecular weight excluding hydrogens is 783 g/mol. The molecule has 1 heteroatoms. The van der Waals surface area contributed by atoms with E-state index < -0.39 is 0 Å². The molecule has 2 N–H and O–H groups in total. The molecule has 3 aromatic carbocycles. The highest BCUT2D eigenvalue weighted by Gasteiger charge is 2.37. The van der Waals surface area contributed by atoms with Crippen LogP contribution in [-0.2, 0) is 5.41 Å². The van der Waals surface area contributed by atoms with Crippen LogP contribution in [0.1, 0.15) is 204 Å². The molecule has 65 heavy (non-hydrogen) atoms. The average molecular weight is 883 g/mol. The van der Waals surface area contributed by atoms with Gasteiger partial charge < -0.3 is 5.73 Å². The summed E-state index contributed by atoms with van der Waals surface area (Å²) in [5.74, 6) is 0.569. The Labute approximate surface area is 404 Å². The number of hydrogen-bond acceptors (Lipinski definition) is 1. The molecule has 2 aliphatic carbocycles. The van der Waals surface area contributed by atoms with E-state index >= 15 is 0 Å². The summed E-state index contributed by atoms with van der Waals surface area (Å²) in [6.45, 7) is 48.0. The molecule has 0 saturated carbocycles. The maximum Gasteiger partial charge on any atom is 0.0314 e. The van der Waals surface area contributed by atoms with E-state index in [0.717, 1.165) is 29.7 Å². The summed E-state index contributed by atoms with van der Waals surface area (Å²) in [4.78, 5) is 0. The van der Waals surface area contributed by atoms with Crippen LogP contribution in [-0.4, -0.2) is 0 Å². The van der Waals surface area contributed by atoms with Gasteiger partial charge in [-0.15, -0.1) is 0 Å². The van der Waals surface area contributed by atoms with Crippen molar-refractivity contribution >= 4 is 16.8 Å². The first-order valence-electron chi connectivity index (χ1n) is 25.6. The molecule has 0 aromatic heterocycles. The number of rotatable bonds is 15. The summed E-state index contributed by atoms with van der Waals surface area (Å²) in [6.07, 6.45) is 28.0. The van der Waals surface area contributed by atoms with Crippen LogP contribution in [0.3, 0.4) is 0 Å². The summed E-state index contributed by atoms with van der Waals surface area (Å²) in [6, 6.07) is 27.4. The van der Waals surface area contributed by atoms with Gasteiger partial charge in [-0.25, -0.2) is 0 Å². The summed E-state index contributed by atoms with van der Waals surface area (Å²) in [5, 5.41) is 0. The third-order valence-electron chi connectivity index (χ3n) is 10.7. The molecule has 360 valence electrons. The van der Waals surface area contributed by atoms with Gasteiger partial charge in [-0.3, -0.25) is 0 Å². The van der Waals surface area contributed by atoms with Gasteiger partial charge in [-0.1, -0.05) is 277 Å². The van der Waals surface area contributed by atoms with Gasteiger partial charge in [0, 0.05) is 17.0 Å². The Hall–Kier alpha value is -4.88. The van der Waals surface area contributed by atoms with Crippen LogP contribution < -0.4 is 5.73 Å². The molecular formula is C64H99N. The van der Waals surface area contributed by atoms with E-state index in [4.69, 9.17) is 5.73 Å². The molecule has 0 amide bonds. The molecule has 5 rings (SSSR count). The van der Waals surface area contributed by atoms with Crippen molar-refractivity contribution in [3.8, 4) is 0 Å². The molecule has 0 saturated heterocycles. The average Bonchev–Trinajstić information content (AvgIpc) is 3.91. The van der Waals surface area contributed by atoms with Crippen molar-refractivity contribution in [3.05, 3.63) is 197 Å². The lowest BCUT2D eigenvalue weighted by molar-refractivity contribution is 0.654. The minimum absolute atomic E-state index is 0.0230. The Bertz CT molecular complexity index is 1880. The van der Waals surface area contributed by atoms with Crippen molar-refractivity contribution in [1.29, 1.82) is 0 Å². The fourth-order valence-corrected chi connectivity index (χ4v) is 7.58. The molecule has 1 unspecified atom stereocenters. The highest BCUT2D eigenvalue weighted by atomic mass is 14.5. The van der Waals surface area contributed by atoms with Gasteiger partial charge in [0.05, 0.1) is 0 Å². The Kier molecular flexibility index (Phi) is 40.2. The summed E-state index contributed by atoms with van der Waals surface area (Å²) < 4.78 is 0. The van der Waals surface area contributed by atoms with Crippen LogP contribution in [0.4, 0.5) is 5.69 Å². The van der Waals surface area contributed by atoms with Gasteiger partial charge >= 0.3 is 0 Å². The third kappa shape index (κ3) is 21.8. The SMILES string of the molecule is C=C(C1=CCC=C1CCC)C1=C(/C=C\C)C(C)(C)c2ccccc21.C=C/C(=C\C)c1ccc(N)cc1.C=C/C=C(\CCC)C(CCC)c1ccccc1.CC.CC.CC.CC.CCCC. The van der Waals surface area contributed by atoms with E-state index in [1.54, 1.807) is 0 Å². The number of nitrogens with two attached hydrogens (primary N) is 1. The predicted octanol–water partition coefficient (Wildman–Crippen LogP) is 21.2. The number of benzene rings is 3. The van der Waals surface area contributed by atoms with Crippen molar-refractivity contribution in [2.24, 2.45) is 0 Å². The quantitative estimate of drug-likeness (QED) is 0.119. The highest BCUT2D eigenvalue weighted by molar-refractivity contribution is 5.94. The summed E-state index contributed by atoms with van der Waals surface area (Å²) in [5.41, 5.74) is 21.1. The molecule has 0 spiro atoms. The van der Waals surface area contributed by atoms with E-state index in [1.165, 1.54) is 95.1 Å². The number of allylic oxidation sites excluding steroid dienone is 15. The van der Waals surface area contributed by atoms with Crippen LogP contribution in [0.15, 0.2) is 175 Å². The zero-order valence-electron chi connectivity index (χ0n) is 45.3. The second kappa shape index (κ2) is 40.6. The van der Waals surface area contributed by atoms with Gasteiger partial charge in [-0.2, -0.15) is 0 Å². The normalized spacial score (nSPS) is 13.4. The van der Waals surface area contributed by atoms with Crippen molar-refractivity contribution in [3.63, 3.8) is 0 Å². The maximum atomic E-state index is 5.56. The first-order chi connectivity index (χ1) is 31.5. The molecule has 0 aliphatic heterocycles. The fourth-order valence-electron chi connectivity index (χ4n) is 7.58. The Morgan fingerprint density at radius 3 is 1.75 bits per heavy atom. The first-order valence-corrected chi connectivity index (χ1v) is 25.6. The summed E-state index contributed by atoms with van der Waals surface area (Å²) >= 11 is 0. The lowest BCUT2D eigenvalue weighted by Crippen LogP contribution is -2.16. The number of hydrogen-bond donors (Lipinski definition) is 1. The molecule has 0 fully saturated rings. The number of fused-ring (bicyclic) bond motifs is 1. The van der Waals surface area contributed by atoms with E-state index in [1.807, 2.05) is 105 Å². The molecule has 0 bridgehead atoms. The second-order valence-electron chi connectivity index (χ2n) is 15.3. The summed E-state index contributed by atoms with van der Waals surface area (Å²) in [7, 11) is 0. The number of nitrogen functional groups attached to an aromatic ring is 1. The maximum absolute atomic E-state index is 5.56. The first kappa shape index (κ1) is 64.4. The van der Waals surface area contributed by atoms with Gasteiger partial charge in [0.25, 0.3) is 0 Å². The van der Waals surface area contributed by atoms with Crippen LogP contribution >= 0.6 is 0 Å². The molecule has 0 radical (unpaired) electrons. The standard InChI is InChI=1S/C24H28.C17H24.C11H13N.C4H10.4C2H6/c1-6-11-18-13-10-15-19(18)17(3)23-20-14-8-9-16-21(20)24(4,5)22(23)12-7-2;1-4-10-15(11-5-2)17(12-6-3)16-13-8-7-9-14-16;1-3-9(4-2)10-5-7-11(12)8-6-10;1-3-4-2;4*1-2/h7-9,12-16H,3,6,10-11H2,1-2,4-5H3;4,7-10,13-14,17H,1,5-6,11-12H2,2-3H3;3-8H,1,12H2,2H3;3-4H2,1-2H3;4*1-2H3/b12-7-;15-10+;9-4+;;;;;. The van der Waals surface area contributed by atoms with Crippen molar-refractivity contribution in [2.45, 2.75) is 187 Å². The fraction of sp³-hybridized carbons (Fsp3) is 0.438. The van der Waals surface area contributed by atoms with E-state index in [-0.39, 0.29) is 5.41 Å². The Morgan fingerprint density at radius 1 is 0.708 bits per heavy atom. The predicted molar refractivity (Wildman–Crippen MR) is 304 cm³/mol. The Balaban J connectivity index is -0.000000823. The molecule has 1 nitrogen and oxygen atoms in total. The van der Waals surface area contributed by atoms with Crippen LogP contribution in [0.2, 0.25) is 0 Å². The van der Waals surface area contributed by atoms with Crippen molar-refractivity contribution in [2.75, 3.05) is 5.73 Å². The van der Waals surface area contributed by atoms with Crippen LogP contribution in [0, 0.1) is 0 Å². The lowest BCUT2D eigenvalue weighted by Gasteiger charge is -2.23. The van der Waals surface area contributed by atoms with Gasteiger partial charge in [0.15, 0.2) is 0 Å². The Morgan fingerprint density at radius 2 is 1.28 bits per heavy atom. The molecule has 3 aromatic rings. The number of anilines is 1. The largest absolute Gasteiger partial charge is 0.399 e. The van der Waals surface area contributed by atoms with E-state index in [0.29, 0.717) is 5.92 Å². The zero-order chi connectivity index (χ0) is 50.2. The van der Waals surface area contributed by atoms with Gasteiger partial charge in [0.1, 0.15) is 0 Å². The number of unbranched alkanes of at least 4 members (excludes halogenated alkanes) is 1. The topological polar surface area (TPSA) is 26.0 Å². The highest BCUT2D eigenvalue weighted by Crippen LogP contribution is 2.51. The smallest absolute Gasteiger partial charge is 0.0314 e. The minimum atomic E-state index is 0.0230. The molecule has 2 aliphatic rings. The monoisotopic (exact) mass is 882 g/mol. The van der Waals surface area contributed by atoms with Crippen LogP contribution in [0.25, 0.3) is 11.1 Å². The van der Waals surface area contributed by atoms with Crippen LogP contribution in [0.5, 0.6) is 0 Å². The van der Waals surface area contributed by atoms with E-state index in [2.05, 4.69) is 160 Å². The molecule has 0 heterocycles. The van der Waals surface area contributed by atoms with Gasteiger partial charge in [0.2, 0.25) is 0 Å². The van der Waals surface area contributed by atoms with Crippen molar-refractivity contribution < 1.29 is 0 Å². The van der Waals surface area contributed by atoms with E-state index in [9.17, 15) is 0 Å². The van der Waals surface area contributed by atoms with Crippen molar-refractivity contribution in [1.82, 2.24) is 0 Å². The van der Waals surface area contributed by atoms with Gasteiger partial charge in [-0.05, 0) is 107 Å². The second-order valence-corrected chi connectivity index (χ2v) is 15.3. The molecule has 1 atom stereocenters.